The van der Waals surface area contributed by atoms with Gasteiger partial charge in [0.1, 0.15) is 0 Å². The van der Waals surface area contributed by atoms with Crippen LogP contribution in [0.5, 0.6) is 0 Å². The van der Waals surface area contributed by atoms with Crippen molar-refractivity contribution in [1.29, 1.82) is 0 Å². The standard InChI is InChI=1S/C6H12N2/c1-6-3-4-8(2)5-7-6/h3-4,6-7H,5H2,1-2H3. The number of nitrogens with one attached hydrogen (secondary N) is 1. The predicted molar refractivity (Wildman–Crippen MR) is 34.4 cm³/mol. The first kappa shape index (κ1) is 5.63. The van der Waals surface area contributed by atoms with Crippen LogP contribution < -0.4 is 5.32 Å². The summed E-state index contributed by atoms with van der Waals surface area (Å²) in [6.45, 7) is 3.11. The van der Waals surface area contributed by atoms with Gasteiger partial charge in [-0.15, -0.1) is 0 Å². The Morgan fingerprint density at radius 2 is 2.50 bits per heavy atom. The maximum absolute atomic E-state index is 3.27. The van der Waals surface area contributed by atoms with Gasteiger partial charge in [-0.25, -0.2) is 0 Å². The lowest BCUT2D eigenvalue weighted by Gasteiger charge is -2.22. The number of hydrogen-bond donors (Lipinski definition) is 1. The Labute approximate surface area is 50.2 Å². The third kappa shape index (κ3) is 1.23. The third-order valence-electron chi connectivity index (χ3n) is 1.29. The van der Waals surface area contributed by atoms with Gasteiger partial charge in [-0.1, -0.05) is 6.08 Å². The molecule has 1 aliphatic heterocycles. The summed E-state index contributed by atoms with van der Waals surface area (Å²) in [5.41, 5.74) is 0. The molecule has 0 saturated carbocycles. The van der Waals surface area contributed by atoms with Crippen LogP contribution in [-0.4, -0.2) is 24.7 Å². The maximum atomic E-state index is 3.27. The van der Waals surface area contributed by atoms with Crippen LogP contribution in [0.25, 0.3) is 0 Å². The first-order chi connectivity index (χ1) is 3.79. The topological polar surface area (TPSA) is 15.3 Å². The van der Waals surface area contributed by atoms with E-state index in [1.54, 1.807) is 0 Å². The number of rotatable bonds is 0. The largest absolute Gasteiger partial charge is 0.368 e. The highest BCUT2D eigenvalue weighted by Gasteiger charge is 2.01. The molecule has 1 rings (SSSR count). The molecule has 1 unspecified atom stereocenters. The van der Waals surface area contributed by atoms with E-state index < -0.39 is 0 Å². The molecule has 2 heteroatoms. The second-order valence-corrected chi connectivity index (χ2v) is 2.25. The minimum absolute atomic E-state index is 0.547. The van der Waals surface area contributed by atoms with Gasteiger partial charge in [-0.3, -0.25) is 5.32 Å². The van der Waals surface area contributed by atoms with Gasteiger partial charge >= 0.3 is 0 Å². The smallest absolute Gasteiger partial charge is 0.0677 e. The van der Waals surface area contributed by atoms with Crippen molar-refractivity contribution in [2.45, 2.75) is 13.0 Å². The first-order valence-electron chi connectivity index (χ1n) is 2.91. The maximum Gasteiger partial charge on any atom is 0.0677 e. The van der Waals surface area contributed by atoms with Crippen molar-refractivity contribution in [3.05, 3.63) is 12.3 Å². The molecule has 1 aliphatic rings. The molecule has 0 aromatic rings. The highest BCUT2D eigenvalue weighted by molar-refractivity contribution is 4.93. The van der Waals surface area contributed by atoms with E-state index in [9.17, 15) is 0 Å². The lowest BCUT2D eigenvalue weighted by Crippen LogP contribution is -2.37. The third-order valence-corrected chi connectivity index (χ3v) is 1.29. The quantitative estimate of drug-likeness (QED) is 0.487. The monoisotopic (exact) mass is 112 g/mol. The average Bonchev–Trinajstić information content (AvgIpc) is 1.77. The Morgan fingerprint density at radius 3 is 2.88 bits per heavy atom. The van der Waals surface area contributed by atoms with Gasteiger partial charge in [-0.05, 0) is 13.1 Å². The molecule has 0 amide bonds. The van der Waals surface area contributed by atoms with Gasteiger partial charge in [-0.2, -0.15) is 0 Å². The zero-order valence-electron chi connectivity index (χ0n) is 5.39. The van der Waals surface area contributed by atoms with Crippen LogP contribution in [0.15, 0.2) is 12.3 Å². The van der Waals surface area contributed by atoms with E-state index in [-0.39, 0.29) is 0 Å². The van der Waals surface area contributed by atoms with Crippen LogP contribution in [0.3, 0.4) is 0 Å². The minimum atomic E-state index is 0.547. The highest BCUT2D eigenvalue weighted by Crippen LogP contribution is 1.93. The second kappa shape index (κ2) is 2.18. The molecule has 0 saturated heterocycles. The van der Waals surface area contributed by atoms with Gasteiger partial charge in [0, 0.05) is 13.1 Å². The second-order valence-electron chi connectivity index (χ2n) is 2.25. The van der Waals surface area contributed by atoms with Crippen LogP contribution in [0.4, 0.5) is 0 Å². The van der Waals surface area contributed by atoms with Crippen molar-refractivity contribution < 1.29 is 0 Å². The van der Waals surface area contributed by atoms with E-state index in [1.807, 2.05) is 0 Å². The van der Waals surface area contributed by atoms with Gasteiger partial charge in [0.15, 0.2) is 0 Å². The Morgan fingerprint density at radius 1 is 1.75 bits per heavy atom. The summed E-state index contributed by atoms with van der Waals surface area (Å²) < 4.78 is 0. The van der Waals surface area contributed by atoms with Crippen LogP contribution in [-0.2, 0) is 0 Å². The van der Waals surface area contributed by atoms with E-state index in [4.69, 9.17) is 0 Å². The minimum Gasteiger partial charge on any atom is -0.368 e. The van der Waals surface area contributed by atoms with Gasteiger partial charge in [0.2, 0.25) is 0 Å². The van der Waals surface area contributed by atoms with Crippen LogP contribution in [0.2, 0.25) is 0 Å². The summed E-state index contributed by atoms with van der Waals surface area (Å²) in [5.74, 6) is 0. The Balaban J connectivity index is 2.42. The SMILES string of the molecule is CC1C=CN(C)CN1. The molecule has 1 heterocycles. The molecule has 1 atom stereocenters. The molecule has 1 N–H and O–H groups in total. The number of nitrogens with zero attached hydrogens (tertiary/aromatic N) is 1. The number of hydrogen-bond acceptors (Lipinski definition) is 2. The van der Waals surface area contributed by atoms with Crippen molar-refractivity contribution in [2.75, 3.05) is 13.7 Å². The molecule has 0 radical (unpaired) electrons. The molecule has 0 aromatic heterocycles. The van der Waals surface area contributed by atoms with E-state index in [2.05, 4.69) is 36.5 Å². The zero-order valence-corrected chi connectivity index (χ0v) is 5.39. The van der Waals surface area contributed by atoms with E-state index in [1.165, 1.54) is 0 Å². The predicted octanol–water partition coefficient (Wildman–Crippen LogP) is 0.381. The average molecular weight is 112 g/mol. The fourth-order valence-corrected chi connectivity index (χ4v) is 0.685. The van der Waals surface area contributed by atoms with Crippen molar-refractivity contribution in [3.8, 4) is 0 Å². The molecule has 0 spiro atoms. The van der Waals surface area contributed by atoms with Gasteiger partial charge in [0.05, 0.1) is 6.67 Å². The Kier molecular flexibility index (Phi) is 1.53. The van der Waals surface area contributed by atoms with Crippen molar-refractivity contribution in [3.63, 3.8) is 0 Å². The molecule has 0 fully saturated rings. The fourth-order valence-electron chi connectivity index (χ4n) is 0.685. The van der Waals surface area contributed by atoms with Crippen molar-refractivity contribution in [2.24, 2.45) is 0 Å². The summed E-state index contributed by atoms with van der Waals surface area (Å²) in [6, 6.07) is 0.547. The van der Waals surface area contributed by atoms with Crippen LogP contribution in [0, 0.1) is 0 Å². The summed E-state index contributed by atoms with van der Waals surface area (Å²) in [6.07, 6.45) is 4.24. The zero-order chi connectivity index (χ0) is 5.98. The van der Waals surface area contributed by atoms with Crippen molar-refractivity contribution >= 4 is 0 Å². The molecule has 8 heavy (non-hydrogen) atoms. The molecule has 0 bridgehead atoms. The molecular weight excluding hydrogens is 100 g/mol. The van der Waals surface area contributed by atoms with Gasteiger partial charge in [0.25, 0.3) is 0 Å². The first-order valence-corrected chi connectivity index (χ1v) is 2.91. The fraction of sp³-hybridized carbons (Fsp3) is 0.667. The highest BCUT2D eigenvalue weighted by atomic mass is 15.2. The summed E-state index contributed by atoms with van der Waals surface area (Å²) in [4.78, 5) is 2.11. The molecule has 0 aromatic carbocycles. The lowest BCUT2D eigenvalue weighted by atomic mass is 10.3. The summed E-state index contributed by atoms with van der Waals surface area (Å²) in [5, 5.41) is 3.27. The van der Waals surface area contributed by atoms with Crippen LogP contribution in [0.1, 0.15) is 6.92 Å². The van der Waals surface area contributed by atoms with E-state index in [0.717, 1.165) is 6.67 Å². The van der Waals surface area contributed by atoms with Crippen LogP contribution >= 0.6 is 0 Å². The molecular formula is C6H12N2. The molecule has 0 aliphatic carbocycles. The van der Waals surface area contributed by atoms with Crippen molar-refractivity contribution in [1.82, 2.24) is 10.2 Å². The lowest BCUT2D eigenvalue weighted by molar-refractivity contribution is 0.369. The van der Waals surface area contributed by atoms with E-state index >= 15 is 0 Å². The van der Waals surface area contributed by atoms with Gasteiger partial charge < -0.3 is 4.90 Å². The molecule has 2 nitrogen and oxygen atoms in total. The Hall–Kier alpha value is -0.500. The normalized spacial score (nSPS) is 28.8. The van der Waals surface area contributed by atoms with E-state index in [0.29, 0.717) is 6.04 Å². The molecule has 46 valence electrons. The Bertz CT molecular complexity index is 86.7. The summed E-state index contributed by atoms with van der Waals surface area (Å²) >= 11 is 0. The summed E-state index contributed by atoms with van der Waals surface area (Å²) in [7, 11) is 2.05.